The molecule has 0 radical (unpaired) electrons. The molecule has 8 aromatic rings. The van der Waals surface area contributed by atoms with Gasteiger partial charge in [-0.15, -0.1) is 0 Å². The van der Waals surface area contributed by atoms with Gasteiger partial charge in [-0.3, -0.25) is 0 Å². The second-order valence-corrected chi connectivity index (χ2v) is 11.2. The van der Waals surface area contributed by atoms with E-state index in [1.54, 1.807) is 0 Å². The van der Waals surface area contributed by atoms with Crippen LogP contribution in [0.2, 0.25) is 0 Å². The fraction of sp³-hybridized carbons (Fsp3) is 0. The smallest absolute Gasteiger partial charge is 0.0548 e. The molecule has 0 bridgehead atoms. The van der Waals surface area contributed by atoms with Gasteiger partial charge in [0.15, 0.2) is 0 Å². The first-order valence-electron chi connectivity index (χ1n) is 14.3. The van der Waals surface area contributed by atoms with Crippen LogP contribution >= 0.6 is 0 Å². The summed E-state index contributed by atoms with van der Waals surface area (Å²) in [4.78, 5) is 0. The lowest BCUT2D eigenvalue weighted by Gasteiger charge is -2.14. The van der Waals surface area contributed by atoms with Crippen molar-refractivity contribution in [3.63, 3.8) is 0 Å². The highest BCUT2D eigenvalue weighted by molar-refractivity contribution is 6.39. The average molecular weight is 518 g/mol. The Balaban J connectivity index is 1.55. The summed E-state index contributed by atoms with van der Waals surface area (Å²) in [5.74, 6) is 0. The topological polar surface area (TPSA) is 4.93 Å². The second-order valence-electron chi connectivity index (χ2n) is 11.2. The standard InChI is InChI=1S/C40H23N/c1-2-11-25(12-3-1)35-31-18-8-14-26-20-22-33-39(36(26)31)40-34(41(33)32-19-9-13-24-10-4-5-15-27(24)32)23-21-30-28-16-6-7-17-29(28)37(35)38(30)40/h1-23H. The maximum absolute atomic E-state index is 2.51. The fourth-order valence-corrected chi connectivity index (χ4v) is 7.69. The zero-order valence-corrected chi connectivity index (χ0v) is 22.2. The van der Waals surface area contributed by atoms with E-state index in [-0.39, 0.29) is 0 Å². The zero-order chi connectivity index (χ0) is 26.7. The van der Waals surface area contributed by atoms with Crippen molar-refractivity contribution >= 4 is 64.9 Å². The maximum Gasteiger partial charge on any atom is 0.0548 e. The minimum Gasteiger partial charge on any atom is -0.309 e. The van der Waals surface area contributed by atoms with Crippen LogP contribution in [0.25, 0.3) is 92.8 Å². The Labute approximate surface area is 236 Å². The van der Waals surface area contributed by atoms with Gasteiger partial charge in [-0.2, -0.15) is 0 Å². The molecule has 0 aliphatic heterocycles. The molecule has 10 rings (SSSR count). The van der Waals surface area contributed by atoms with Gasteiger partial charge in [-0.05, 0) is 72.6 Å². The van der Waals surface area contributed by atoms with Crippen molar-refractivity contribution in [3.05, 3.63) is 140 Å². The predicted octanol–water partition coefficient (Wildman–Crippen LogP) is 11.0. The normalized spacial score (nSPS) is 12.4. The van der Waals surface area contributed by atoms with Gasteiger partial charge in [-0.1, -0.05) is 121 Å². The third kappa shape index (κ3) is 2.61. The number of aromatic nitrogens is 1. The van der Waals surface area contributed by atoms with Crippen molar-refractivity contribution in [1.29, 1.82) is 0 Å². The van der Waals surface area contributed by atoms with Gasteiger partial charge in [0.25, 0.3) is 0 Å². The van der Waals surface area contributed by atoms with Crippen molar-refractivity contribution in [1.82, 2.24) is 4.57 Å². The van der Waals surface area contributed by atoms with Crippen LogP contribution in [0.5, 0.6) is 0 Å². The van der Waals surface area contributed by atoms with Crippen LogP contribution < -0.4 is 0 Å². The number of nitrogens with zero attached hydrogens (tertiary/aromatic N) is 1. The Morgan fingerprint density at radius 3 is 1.85 bits per heavy atom. The van der Waals surface area contributed by atoms with Gasteiger partial charge in [0.2, 0.25) is 0 Å². The summed E-state index contributed by atoms with van der Waals surface area (Å²) in [6.45, 7) is 0. The summed E-state index contributed by atoms with van der Waals surface area (Å²) in [7, 11) is 0. The Bertz CT molecular complexity index is 2560. The largest absolute Gasteiger partial charge is 0.309 e. The van der Waals surface area contributed by atoms with E-state index in [0.717, 1.165) is 0 Å². The van der Waals surface area contributed by atoms with Crippen molar-refractivity contribution in [2.75, 3.05) is 0 Å². The molecule has 1 nitrogen and oxygen atoms in total. The number of hydrogen-bond donors (Lipinski definition) is 0. The van der Waals surface area contributed by atoms with E-state index in [1.807, 2.05) is 0 Å². The van der Waals surface area contributed by atoms with Gasteiger partial charge in [0.1, 0.15) is 0 Å². The molecule has 0 fully saturated rings. The lowest BCUT2D eigenvalue weighted by molar-refractivity contribution is 1.20. The SMILES string of the molecule is c1ccc(-c2c3c4ccccc4c4ccc5c(c4-3)c3c4c(cccc24)ccc3n5-c2cccc3ccccc23)cc1. The monoisotopic (exact) mass is 517 g/mol. The Morgan fingerprint density at radius 1 is 0.317 bits per heavy atom. The molecular formula is C40H23N. The Kier molecular flexibility index (Phi) is 3.98. The summed E-state index contributed by atoms with van der Waals surface area (Å²) in [6.07, 6.45) is 0. The Morgan fingerprint density at radius 2 is 0.951 bits per heavy atom. The van der Waals surface area contributed by atoms with Gasteiger partial charge >= 0.3 is 0 Å². The molecule has 7 aromatic carbocycles. The van der Waals surface area contributed by atoms with Crippen molar-refractivity contribution in [3.8, 4) is 27.9 Å². The second kappa shape index (κ2) is 7.62. The molecule has 1 heteroatoms. The first-order chi connectivity index (χ1) is 20.4. The van der Waals surface area contributed by atoms with E-state index >= 15 is 0 Å². The highest BCUT2D eigenvalue weighted by Crippen LogP contribution is 2.55. The van der Waals surface area contributed by atoms with E-state index in [4.69, 9.17) is 0 Å². The summed E-state index contributed by atoms with van der Waals surface area (Å²) in [6, 6.07) is 51.6. The summed E-state index contributed by atoms with van der Waals surface area (Å²) in [5, 5.41) is 13.2. The maximum atomic E-state index is 2.51. The minimum atomic E-state index is 1.23. The summed E-state index contributed by atoms with van der Waals surface area (Å²) < 4.78 is 2.51. The highest BCUT2D eigenvalue weighted by atomic mass is 15.0. The quantitative estimate of drug-likeness (QED) is 0.215. The summed E-state index contributed by atoms with van der Waals surface area (Å²) >= 11 is 0. The lowest BCUT2D eigenvalue weighted by Crippen LogP contribution is -1.95. The van der Waals surface area contributed by atoms with Crippen LogP contribution in [0.3, 0.4) is 0 Å². The molecule has 2 aliphatic carbocycles. The molecule has 0 amide bonds. The number of hydrogen-bond acceptors (Lipinski definition) is 0. The molecule has 41 heavy (non-hydrogen) atoms. The van der Waals surface area contributed by atoms with Gasteiger partial charge in [-0.25, -0.2) is 0 Å². The van der Waals surface area contributed by atoms with Gasteiger partial charge in [0.05, 0.1) is 16.7 Å². The molecule has 0 saturated heterocycles. The number of benzene rings is 7. The van der Waals surface area contributed by atoms with Crippen LogP contribution in [0, 0.1) is 0 Å². The van der Waals surface area contributed by atoms with Crippen LogP contribution in [0.4, 0.5) is 0 Å². The molecule has 188 valence electrons. The van der Waals surface area contributed by atoms with E-state index in [2.05, 4.69) is 144 Å². The lowest BCUT2D eigenvalue weighted by atomic mass is 9.92. The highest BCUT2D eigenvalue weighted by Gasteiger charge is 2.29. The van der Waals surface area contributed by atoms with Crippen LogP contribution in [-0.4, -0.2) is 4.57 Å². The molecular weight excluding hydrogens is 494 g/mol. The van der Waals surface area contributed by atoms with Crippen molar-refractivity contribution in [2.24, 2.45) is 0 Å². The van der Waals surface area contributed by atoms with Crippen molar-refractivity contribution < 1.29 is 0 Å². The Hall–Kier alpha value is -5.40. The molecule has 0 saturated carbocycles. The number of rotatable bonds is 2. The van der Waals surface area contributed by atoms with Crippen molar-refractivity contribution in [2.45, 2.75) is 0 Å². The first-order valence-corrected chi connectivity index (χ1v) is 14.3. The van der Waals surface area contributed by atoms with E-state index in [1.165, 1.54) is 92.8 Å². The average Bonchev–Trinajstić information content (AvgIpc) is 3.50. The first kappa shape index (κ1) is 21.4. The molecule has 1 heterocycles. The molecule has 0 N–H and O–H groups in total. The number of fused-ring (bicyclic) bond motifs is 4. The summed E-state index contributed by atoms with van der Waals surface area (Å²) in [5.41, 5.74) is 9.06. The van der Waals surface area contributed by atoms with Gasteiger partial charge in [0, 0.05) is 21.7 Å². The third-order valence-corrected chi connectivity index (χ3v) is 9.26. The fourth-order valence-electron chi connectivity index (χ4n) is 7.69. The van der Waals surface area contributed by atoms with E-state index in [9.17, 15) is 0 Å². The van der Waals surface area contributed by atoms with Crippen LogP contribution in [0.15, 0.2) is 140 Å². The molecule has 0 spiro atoms. The van der Waals surface area contributed by atoms with Crippen LogP contribution in [0.1, 0.15) is 0 Å². The minimum absolute atomic E-state index is 1.23. The molecule has 2 aliphatic rings. The molecule has 1 aromatic heterocycles. The molecule has 0 atom stereocenters. The predicted molar refractivity (Wildman–Crippen MR) is 175 cm³/mol. The van der Waals surface area contributed by atoms with E-state index in [0.29, 0.717) is 0 Å². The van der Waals surface area contributed by atoms with Gasteiger partial charge < -0.3 is 4.57 Å². The molecule has 0 unspecified atom stereocenters. The zero-order valence-electron chi connectivity index (χ0n) is 22.2. The third-order valence-electron chi connectivity index (χ3n) is 9.26. The van der Waals surface area contributed by atoms with E-state index < -0.39 is 0 Å². The van der Waals surface area contributed by atoms with Crippen LogP contribution in [-0.2, 0) is 0 Å².